The summed E-state index contributed by atoms with van der Waals surface area (Å²) in [6.07, 6.45) is 1.18. The molecule has 4 nitrogen and oxygen atoms in total. The molecule has 0 spiro atoms. The zero-order valence-corrected chi connectivity index (χ0v) is 10.8. The first-order valence-electron chi connectivity index (χ1n) is 6.29. The summed E-state index contributed by atoms with van der Waals surface area (Å²) >= 11 is 0. The Labute approximate surface area is 107 Å². The number of methoxy groups -OCH3 is 1. The number of rotatable bonds is 5. The van der Waals surface area contributed by atoms with Gasteiger partial charge >= 0.3 is 0 Å². The molecular weight excluding hydrogens is 230 g/mol. The van der Waals surface area contributed by atoms with Crippen molar-refractivity contribution in [2.24, 2.45) is 0 Å². The molecule has 1 aliphatic heterocycles. The first-order chi connectivity index (χ1) is 8.74. The maximum absolute atomic E-state index is 11.7. The molecule has 0 radical (unpaired) electrons. The van der Waals surface area contributed by atoms with Crippen LogP contribution in [-0.4, -0.2) is 31.8 Å². The highest BCUT2D eigenvalue weighted by molar-refractivity contribution is 5.80. The molecule has 1 aliphatic rings. The Morgan fingerprint density at radius 1 is 1.56 bits per heavy atom. The summed E-state index contributed by atoms with van der Waals surface area (Å²) in [5.74, 6) is 0.857. The number of amides is 1. The van der Waals surface area contributed by atoms with E-state index in [4.69, 9.17) is 9.47 Å². The number of ether oxygens (including phenoxy) is 2. The SMILES string of the molecule is CC[C@H](OC)C(=O)NC[C@@H]1Cc2ccccc2O1. The third-order valence-electron chi connectivity index (χ3n) is 3.17. The molecule has 0 fully saturated rings. The molecule has 1 amide bonds. The zero-order chi connectivity index (χ0) is 13.0. The van der Waals surface area contributed by atoms with Crippen molar-refractivity contribution >= 4 is 5.91 Å². The van der Waals surface area contributed by atoms with Gasteiger partial charge in [-0.3, -0.25) is 4.79 Å². The zero-order valence-electron chi connectivity index (χ0n) is 10.8. The minimum absolute atomic E-state index is 0.0284. The Kier molecular flexibility index (Phi) is 4.20. The van der Waals surface area contributed by atoms with Crippen LogP contribution in [0.3, 0.4) is 0 Å². The first kappa shape index (κ1) is 12.9. The summed E-state index contributed by atoms with van der Waals surface area (Å²) in [7, 11) is 1.55. The lowest BCUT2D eigenvalue weighted by atomic mass is 10.1. The van der Waals surface area contributed by atoms with E-state index in [1.54, 1.807) is 7.11 Å². The lowest BCUT2D eigenvalue weighted by molar-refractivity contribution is -0.131. The van der Waals surface area contributed by atoms with Crippen LogP contribution >= 0.6 is 0 Å². The lowest BCUT2D eigenvalue weighted by Crippen LogP contribution is -2.40. The van der Waals surface area contributed by atoms with E-state index in [1.807, 2.05) is 25.1 Å². The van der Waals surface area contributed by atoms with Crippen LogP contribution in [0, 0.1) is 0 Å². The Bertz CT molecular complexity index is 390. The monoisotopic (exact) mass is 249 g/mol. The molecule has 18 heavy (non-hydrogen) atoms. The van der Waals surface area contributed by atoms with Gasteiger partial charge in [0.05, 0.1) is 6.54 Å². The van der Waals surface area contributed by atoms with Gasteiger partial charge < -0.3 is 14.8 Å². The van der Waals surface area contributed by atoms with Crippen molar-refractivity contribution in [3.8, 4) is 5.75 Å². The minimum atomic E-state index is -0.367. The number of para-hydroxylation sites is 1. The first-order valence-corrected chi connectivity index (χ1v) is 6.29. The van der Waals surface area contributed by atoms with Gasteiger partial charge in [-0.25, -0.2) is 0 Å². The fourth-order valence-corrected chi connectivity index (χ4v) is 2.16. The van der Waals surface area contributed by atoms with Crippen LogP contribution in [0.15, 0.2) is 24.3 Å². The van der Waals surface area contributed by atoms with Gasteiger partial charge in [0.1, 0.15) is 18.0 Å². The predicted octanol–water partition coefficient (Wildman–Crippen LogP) is 1.53. The molecule has 0 bridgehead atoms. The molecule has 0 aromatic heterocycles. The summed E-state index contributed by atoms with van der Waals surface area (Å²) in [6.45, 7) is 2.45. The quantitative estimate of drug-likeness (QED) is 0.861. The van der Waals surface area contributed by atoms with Gasteiger partial charge in [-0.1, -0.05) is 25.1 Å². The third kappa shape index (κ3) is 2.82. The summed E-state index contributed by atoms with van der Waals surface area (Å²) in [5, 5.41) is 2.87. The van der Waals surface area contributed by atoms with E-state index in [1.165, 1.54) is 5.56 Å². The molecule has 0 aliphatic carbocycles. The highest BCUT2D eigenvalue weighted by Crippen LogP contribution is 2.27. The lowest BCUT2D eigenvalue weighted by Gasteiger charge is -2.16. The van der Waals surface area contributed by atoms with Crippen LogP contribution in [0.5, 0.6) is 5.75 Å². The number of hydrogen-bond acceptors (Lipinski definition) is 3. The second-order valence-electron chi connectivity index (χ2n) is 4.43. The maximum Gasteiger partial charge on any atom is 0.249 e. The highest BCUT2D eigenvalue weighted by atomic mass is 16.5. The number of carbonyl (C=O) groups is 1. The third-order valence-corrected chi connectivity index (χ3v) is 3.17. The van der Waals surface area contributed by atoms with Crippen molar-refractivity contribution in [1.82, 2.24) is 5.32 Å². The van der Waals surface area contributed by atoms with Crippen LogP contribution in [0.1, 0.15) is 18.9 Å². The molecule has 0 saturated heterocycles. The van der Waals surface area contributed by atoms with Gasteiger partial charge in [0.25, 0.3) is 0 Å². The number of hydrogen-bond donors (Lipinski definition) is 1. The molecule has 1 aromatic carbocycles. The van der Waals surface area contributed by atoms with Crippen LogP contribution in [-0.2, 0) is 16.0 Å². The molecule has 0 unspecified atom stereocenters. The second kappa shape index (κ2) is 5.87. The average Bonchev–Trinajstić information content (AvgIpc) is 2.80. The molecule has 1 N–H and O–H groups in total. The van der Waals surface area contributed by atoms with Crippen molar-refractivity contribution < 1.29 is 14.3 Å². The van der Waals surface area contributed by atoms with Gasteiger partial charge in [0.15, 0.2) is 0 Å². The summed E-state index contributed by atoms with van der Waals surface area (Å²) in [4.78, 5) is 11.7. The Balaban J connectivity index is 1.82. The normalized spacial score (nSPS) is 18.9. The maximum atomic E-state index is 11.7. The molecule has 4 heteroatoms. The van der Waals surface area contributed by atoms with Gasteiger partial charge in [-0.15, -0.1) is 0 Å². The number of nitrogens with one attached hydrogen (secondary N) is 1. The fourth-order valence-electron chi connectivity index (χ4n) is 2.16. The van der Waals surface area contributed by atoms with E-state index in [2.05, 4.69) is 11.4 Å². The Morgan fingerprint density at radius 3 is 3.00 bits per heavy atom. The van der Waals surface area contributed by atoms with Gasteiger partial charge in [-0.05, 0) is 18.1 Å². The van der Waals surface area contributed by atoms with Gasteiger partial charge in [0, 0.05) is 13.5 Å². The van der Waals surface area contributed by atoms with E-state index >= 15 is 0 Å². The van der Waals surface area contributed by atoms with Crippen molar-refractivity contribution in [1.29, 1.82) is 0 Å². The summed E-state index contributed by atoms with van der Waals surface area (Å²) in [6, 6.07) is 7.97. The van der Waals surface area contributed by atoms with Gasteiger partial charge in [-0.2, -0.15) is 0 Å². The fraction of sp³-hybridized carbons (Fsp3) is 0.500. The van der Waals surface area contributed by atoms with E-state index in [9.17, 15) is 4.79 Å². The topological polar surface area (TPSA) is 47.6 Å². The van der Waals surface area contributed by atoms with Crippen molar-refractivity contribution in [2.45, 2.75) is 32.0 Å². The van der Waals surface area contributed by atoms with Crippen molar-refractivity contribution in [3.05, 3.63) is 29.8 Å². The smallest absolute Gasteiger partial charge is 0.249 e. The van der Waals surface area contributed by atoms with Crippen molar-refractivity contribution in [2.75, 3.05) is 13.7 Å². The predicted molar refractivity (Wildman–Crippen MR) is 68.7 cm³/mol. The van der Waals surface area contributed by atoms with Gasteiger partial charge in [0.2, 0.25) is 5.91 Å². The average molecular weight is 249 g/mol. The molecule has 0 saturated carbocycles. The van der Waals surface area contributed by atoms with E-state index in [-0.39, 0.29) is 18.1 Å². The number of fused-ring (bicyclic) bond motifs is 1. The molecular formula is C14H19NO3. The van der Waals surface area contributed by atoms with Crippen LogP contribution in [0.25, 0.3) is 0 Å². The van der Waals surface area contributed by atoms with E-state index in [0.29, 0.717) is 13.0 Å². The van der Waals surface area contributed by atoms with Crippen LogP contribution < -0.4 is 10.1 Å². The van der Waals surface area contributed by atoms with E-state index in [0.717, 1.165) is 12.2 Å². The molecule has 2 rings (SSSR count). The standard InChI is InChI=1S/C14H19NO3/c1-3-12(17-2)14(16)15-9-11-8-10-6-4-5-7-13(10)18-11/h4-7,11-12H,3,8-9H2,1-2H3,(H,15,16)/t11-,12-/m0/s1. The molecule has 2 atom stereocenters. The van der Waals surface area contributed by atoms with E-state index < -0.39 is 0 Å². The molecule has 1 aromatic rings. The minimum Gasteiger partial charge on any atom is -0.488 e. The molecule has 1 heterocycles. The van der Waals surface area contributed by atoms with Crippen LogP contribution in [0.4, 0.5) is 0 Å². The number of benzene rings is 1. The van der Waals surface area contributed by atoms with Crippen LogP contribution in [0.2, 0.25) is 0 Å². The Hall–Kier alpha value is -1.55. The second-order valence-corrected chi connectivity index (χ2v) is 4.43. The number of carbonyl (C=O) groups excluding carboxylic acids is 1. The molecule has 98 valence electrons. The summed E-state index contributed by atoms with van der Waals surface area (Å²) < 4.78 is 10.8. The highest BCUT2D eigenvalue weighted by Gasteiger charge is 2.24. The van der Waals surface area contributed by atoms with Crippen molar-refractivity contribution in [3.63, 3.8) is 0 Å². The largest absolute Gasteiger partial charge is 0.488 e. The summed E-state index contributed by atoms with van der Waals surface area (Å²) in [5.41, 5.74) is 1.20. The Morgan fingerprint density at radius 2 is 2.33 bits per heavy atom.